The maximum absolute atomic E-state index is 11.4. The topological polar surface area (TPSA) is 57.8 Å². The van der Waals surface area contributed by atoms with Crippen LogP contribution in [0.1, 0.15) is 11.4 Å². The largest absolute Gasteiger partial charge is 0.311 e. The summed E-state index contributed by atoms with van der Waals surface area (Å²) in [5.74, 6) is 2.96. The molecule has 1 aliphatic heterocycles. The van der Waals surface area contributed by atoms with E-state index in [0.29, 0.717) is 24.0 Å². The van der Waals surface area contributed by atoms with Gasteiger partial charge in [0.25, 0.3) is 5.56 Å². The molecule has 1 aromatic heterocycles. The Hall–Kier alpha value is -0.810. The van der Waals surface area contributed by atoms with Gasteiger partial charge in [0.05, 0.1) is 0 Å². The van der Waals surface area contributed by atoms with Crippen molar-refractivity contribution in [1.82, 2.24) is 15.3 Å². The van der Waals surface area contributed by atoms with Gasteiger partial charge in [-0.05, 0) is 6.92 Å². The molecule has 0 aromatic carbocycles. The van der Waals surface area contributed by atoms with Gasteiger partial charge in [0.1, 0.15) is 5.82 Å². The smallest absolute Gasteiger partial charge is 0.255 e. The summed E-state index contributed by atoms with van der Waals surface area (Å²) in [6, 6.07) is 0.570. The minimum Gasteiger partial charge on any atom is -0.311 e. The number of hydrogen-bond donors (Lipinski definition) is 2. The molecule has 0 aliphatic carbocycles. The molecule has 0 atom stereocenters. The van der Waals surface area contributed by atoms with Gasteiger partial charge in [-0.3, -0.25) is 4.79 Å². The molecule has 1 aliphatic rings. The number of H-pyrrole nitrogens is 1. The molecule has 0 bridgehead atoms. The van der Waals surface area contributed by atoms with Crippen LogP contribution in [-0.2, 0) is 6.54 Å². The van der Waals surface area contributed by atoms with Crippen molar-refractivity contribution in [1.29, 1.82) is 0 Å². The number of aromatic amines is 1. The Bertz CT molecular complexity index is 373. The molecule has 2 heterocycles. The molecule has 0 unspecified atom stereocenters. The lowest BCUT2D eigenvalue weighted by Gasteiger charge is -2.25. The number of nitrogens with zero attached hydrogens (tertiary/aromatic N) is 1. The van der Waals surface area contributed by atoms with Crippen LogP contribution >= 0.6 is 11.8 Å². The Labute approximate surface area is 86.5 Å². The number of thioether (sulfide) groups is 1. The predicted octanol–water partition coefficient (Wildman–Crippen LogP) is 0.283. The first-order valence-electron chi connectivity index (χ1n) is 4.61. The van der Waals surface area contributed by atoms with Crippen molar-refractivity contribution in [2.24, 2.45) is 0 Å². The Morgan fingerprint density at radius 3 is 3.07 bits per heavy atom. The van der Waals surface area contributed by atoms with Crippen molar-refractivity contribution in [2.45, 2.75) is 19.5 Å². The zero-order valence-electron chi connectivity index (χ0n) is 8.04. The van der Waals surface area contributed by atoms with Gasteiger partial charge in [0.15, 0.2) is 0 Å². The quantitative estimate of drug-likeness (QED) is 0.754. The highest BCUT2D eigenvalue weighted by Gasteiger charge is 2.17. The Morgan fingerprint density at radius 1 is 1.71 bits per heavy atom. The normalized spacial score (nSPS) is 16.6. The fourth-order valence-corrected chi connectivity index (χ4v) is 1.95. The highest BCUT2D eigenvalue weighted by molar-refractivity contribution is 8.00. The summed E-state index contributed by atoms with van der Waals surface area (Å²) in [4.78, 5) is 18.2. The van der Waals surface area contributed by atoms with E-state index >= 15 is 0 Å². The maximum atomic E-state index is 11.4. The number of rotatable bonds is 3. The zero-order valence-corrected chi connectivity index (χ0v) is 8.86. The van der Waals surface area contributed by atoms with Crippen LogP contribution in [0.15, 0.2) is 11.0 Å². The van der Waals surface area contributed by atoms with E-state index < -0.39 is 0 Å². The van der Waals surface area contributed by atoms with Crippen LogP contribution in [-0.4, -0.2) is 27.5 Å². The molecule has 0 spiro atoms. The highest BCUT2D eigenvalue weighted by Crippen LogP contribution is 2.17. The van der Waals surface area contributed by atoms with Crippen molar-refractivity contribution < 1.29 is 0 Å². The summed E-state index contributed by atoms with van der Waals surface area (Å²) in [6.07, 6.45) is 1.65. The van der Waals surface area contributed by atoms with E-state index in [4.69, 9.17) is 0 Å². The average Bonchev–Trinajstić information content (AvgIpc) is 2.05. The Balaban J connectivity index is 1.98. The Morgan fingerprint density at radius 2 is 2.50 bits per heavy atom. The van der Waals surface area contributed by atoms with Crippen molar-refractivity contribution in [3.8, 4) is 0 Å². The number of aromatic nitrogens is 2. The Kier molecular flexibility index (Phi) is 2.88. The van der Waals surface area contributed by atoms with E-state index in [1.807, 2.05) is 11.8 Å². The van der Waals surface area contributed by atoms with Gasteiger partial charge in [-0.25, -0.2) is 4.98 Å². The fraction of sp³-hybridized carbons (Fsp3) is 0.556. The van der Waals surface area contributed by atoms with Gasteiger partial charge in [-0.1, -0.05) is 0 Å². The zero-order chi connectivity index (χ0) is 9.97. The lowest BCUT2D eigenvalue weighted by Crippen LogP contribution is -2.40. The van der Waals surface area contributed by atoms with Gasteiger partial charge in [-0.2, -0.15) is 11.8 Å². The minimum atomic E-state index is -0.0306. The molecule has 2 rings (SSSR count). The first kappa shape index (κ1) is 9.73. The molecule has 4 nitrogen and oxygen atoms in total. The third-order valence-corrected chi connectivity index (χ3v) is 3.50. The SMILES string of the molecule is Cc1ncc(CNC2CSC2)c(=O)[nH]1. The van der Waals surface area contributed by atoms with E-state index in [1.165, 1.54) is 0 Å². The van der Waals surface area contributed by atoms with E-state index in [0.717, 1.165) is 11.5 Å². The van der Waals surface area contributed by atoms with Crippen LogP contribution in [0.2, 0.25) is 0 Å². The van der Waals surface area contributed by atoms with E-state index in [2.05, 4.69) is 15.3 Å². The van der Waals surface area contributed by atoms with Crippen LogP contribution in [0.4, 0.5) is 0 Å². The molecular formula is C9H13N3OS. The molecule has 14 heavy (non-hydrogen) atoms. The third kappa shape index (κ3) is 2.16. The molecule has 0 amide bonds. The molecule has 0 radical (unpaired) electrons. The summed E-state index contributed by atoms with van der Waals surface area (Å²) in [5, 5.41) is 3.31. The minimum absolute atomic E-state index is 0.0306. The summed E-state index contributed by atoms with van der Waals surface area (Å²) in [5.41, 5.74) is 0.685. The first-order valence-corrected chi connectivity index (χ1v) is 5.77. The lowest BCUT2D eigenvalue weighted by atomic mass is 10.3. The molecule has 2 N–H and O–H groups in total. The van der Waals surface area contributed by atoms with Crippen molar-refractivity contribution in [2.75, 3.05) is 11.5 Å². The standard InChI is InChI=1S/C9H13N3OS/c1-6-10-2-7(9(13)12-6)3-11-8-4-14-5-8/h2,8,11H,3-5H2,1H3,(H,10,12,13). The monoisotopic (exact) mass is 211 g/mol. The van der Waals surface area contributed by atoms with Crippen LogP contribution < -0.4 is 10.9 Å². The average molecular weight is 211 g/mol. The van der Waals surface area contributed by atoms with Crippen LogP contribution in [0.25, 0.3) is 0 Å². The van der Waals surface area contributed by atoms with Gasteiger partial charge >= 0.3 is 0 Å². The van der Waals surface area contributed by atoms with Gasteiger partial charge < -0.3 is 10.3 Å². The van der Waals surface area contributed by atoms with Gasteiger partial charge in [0.2, 0.25) is 0 Å². The molecule has 76 valence electrons. The predicted molar refractivity (Wildman–Crippen MR) is 57.5 cm³/mol. The van der Waals surface area contributed by atoms with Crippen molar-refractivity contribution in [3.05, 3.63) is 27.9 Å². The van der Waals surface area contributed by atoms with E-state index in [-0.39, 0.29) is 5.56 Å². The summed E-state index contributed by atoms with van der Waals surface area (Å²) in [6.45, 7) is 2.40. The second kappa shape index (κ2) is 4.14. The second-order valence-corrected chi connectivity index (χ2v) is 4.51. The molecule has 1 fully saturated rings. The molecule has 5 heteroatoms. The van der Waals surface area contributed by atoms with Crippen molar-refractivity contribution >= 4 is 11.8 Å². The van der Waals surface area contributed by atoms with Crippen LogP contribution in [0.3, 0.4) is 0 Å². The molecule has 0 saturated carbocycles. The van der Waals surface area contributed by atoms with E-state index in [1.54, 1.807) is 13.1 Å². The fourth-order valence-electron chi connectivity index (χ4n) is 1.24. The first-order chi connectivity index (χ1) is 6.75. The van der Waals surface area contributed by atoms with Crippen LogP contribution in [0, 0.1) is 6.92 Å². The van der Waals surface area contributed by atoms with Gasteiger partial charge in [-0.15, -0.1) is 0 Å². The lowest BCUT2D eigenvalue weighted by molar-refractivity contribution is 0.578. The van der Waals surface area contributed by atoms with Gasteiger partial charge in [0, 0.05) is 35.9 Å². The number of nitrogens with one attached hydrogen (secondary N) is 2. The third-order valence-electron chi connectivity index (χ3n) is 2.22. The van der Waals surface area contributed by atoms with Crippen molar-refractivity contribution in [3.63, 3.8) is 0 Å². The maximum Gasteiger partial charge on any atom is 0.255 e. The summed E-state index contributed by atoms with van der Waals surface area (Å²) in [7, 11) is 0. The molecular weight excluding hydrogens is 198 g/mol. The molecule has 1 saturated heterocycles. The van der Waals surface area contributed by atoms with Crippen LogP contribution in [0.5, 0.6) is 0 Å². The van der Waals surface area contributed by atoms with E-state index in [9.17, 15) is 4.79 Å². The summed E-state index contributed by atoms with van der Waals surface area (Å²) >= 11 is 1.92. The number of aryl methyl sites for hydroxylation is 1. The second-order valence-electron chi connectivity index (χ2n) is 3.44. The molecule has 1 aromatic rings. The highest BCUT2D eigenvalue weighted by atomic mass is 32.2. The summed E-state index contributed by atoms with van der Waals surface area (Å²) < 4.78 is 0. The number of hydrogen-bond acceptors (Lipinski definition) is 4.